The minimum Gasteiger partial charge on any atom is -0.379 e. The standard InChI is InChI=1S/C13H15FN2O/c1-17-13-4-2-3-12(13)16-11-6-5-10(14)7-9(11)8-15/h5-7,12-13,16H,2-4H2,1H3. The normalized spacial score (nSPS) is 23.4. The molecule has 3 nitrogen and oxygen atoms in total. The molecule has 0 saturated heterocycles. The number of hydrogen-bond acceptors (Lipinski definition) is 3. The van der Waals surface area contributed by atoms with E-state index in [9.17, 15) is 4.39 Å². The predicted molar refractivity (Wildman–Crippen MR) is 63.2 cm³/mol. The molecule has 0 bridgehead atoms. The lowest BCUT2D eigenvalue weighted by Gasteiger charge is -2.21. The second-order valence-corrected chi connectivity index (χ2v) is 4.26. The lowest BCUT2D eigenvalue weighted by molar-refractivity contribution is 0.101. The SMILES string of the molecule is COC1CCCC1Nc1ccc(F)cc1C#N. The first-order chi connectivity index (χ1) is 8.24. The molecule has 1 aromatic carbocycles. The van der Waals surface area contributed by atoms with E-state index in [-0.39, 0.29) is 18.0 Å². The van der Waals surface area contributed by atoms with E-state index in [1.165, 1.54) is 12.1 Å². The summed E-state index contributed by atoms with van der Waals surface area (Å²) in [5.74, 6) is -0.387. The Morgan fingerprint density at radius 2 is 2.29 bits per heavy atom. The molecule has 1 aliphatic carbocycles. The number of ether oxygens (including phenoxy) is 1. The number of nitrogens with zero attached hydrogens (tertiary/aromatic N) is 1. The number of methoxy groups -OCH3 is 1. The summed E-state index contributed by atoms with van der Waals surface area (Å²) >= 11 is 0. The van der Waals surface area contributed by atoms with Crippen molar-refractivity contribution in [3.8, 4) is 6.07 Å². The molecule has 0 aromatic heterocycles. The van der Waals surface area contributed by atoms with Crippen LogP contribution in [0.25, 0.3) is 0 Å². The third kappa shape index (κ3) is 2.56. The van der Waals surface area contributed by atoms with Gasteiger partial charge in [-0.15, -0.1) is 0 Å². The van der Waals surface area contributed by atoms with Crippen molar-refractivity contribution in [3.05, 3.63) is 29.6 Å². The predicted octanol–water partition coefficient (Wildman–Crippen LogP) is 2.68. The van der Waals surface area contributed by atoms with Gasteiger partial charge in [0.05, 0.1) is 23.4 Å². The minimum atomic E-state index is -0.387. The number of benzene rings is 1. The zero-order valence-corrected chi connectivity index (χ0v) is 9.74. The lowest BCUT2D eigenvalue weighted by Crippen LogP contribution is -2.30. The second-order valence-electron chi connectivity index (χ2n) is 4.26. The minimum absolute atomic E-state index is 0.173. The first-order valence-corrected chi connectivity index (χ1v) is 5.73. The Morgan fingerprint density at radius 1 is 1.47 bits per heavy atom. The zero-order chi connectivity index (χ0) is 12.3. The van der Waals surface area contributed by atoms with E-state index < -0.39 is 0 Å². The fraction of sp³-hybridized carbons (Fsp3) is 0.462. The van der Waals surface area contributed by atoms with E-state index in [0.29, 0.717) is 11.3 Å². The van der Waals surface area contributed by atoms with Gasteiger partial charge in [-0.1, -0.05) is 0 Å². The van der Waals surface area contributed by atoms with Crippen LogP contribution in [-0.4, -0.2) is 19.3 Å². The molecular formula is C13H15FN2O. The first-order valence-electron chi connectivity index (χ1n) is 5.73. The van der Waals surface area contributed by atoms with Gasteiger partial charge in [0.25, 0.3) is 0 Å². The van der Waals surface area contributed by atoms with E-state index in [2.05, 4.69) is 5.32 Å². The summed E-state index contributed by atoms with van der Waals surface area (Å²) in [6.07, 6.45) is 3.32. The first kappa shape index (κ1) is 11.9. The maximum absolute atomic E-state index is 13.0. The molecular weight excluding hydrogens is 219 g/mol. The molecule has 1 N–H and O–H groups in total. The summed E-state index contributed by atoms with van der Waals surface area (Å²) in [7, 11) is 1.69. The molecule has 0 aliphatic heterocycles. The average Bonchev–Trinajstić information content (AvgIpc) is 2.78. The van der Waals surface area contributed by atoms with Gasteiger partial charge in [0, 0.05) is 7.11 Å². The maximum Gasteiger partial charge on any atom is 0.124 e. The van der Waals surface area contributed by atoms with E-state index in [1.54, 1.807) is 13.2 Å². The largest absolute Gasteiger partial charge is 0.379 e. The number of anilines is 1. The van der Waals surface area contributed by atoms with Crippen LogP contribution >= 0.6 is 0 Å². The zero-order valence-electron chi connectivity index (χ0n) is 9.74. The van der Waals surface area contributed by atoms with Gasteiger partial charge in [-0.2, -0.15) is 5.26 Å². The lowest BCUT2D eigenvalue weighted by atomic mass is 10.1. The molecule has 1 aliphatic rings. The van der Waals surface area contributed by atoms with Gasteiger partial charge in [-0.05, 0) is 37.5 Å². The summed E-state index contributed by atoms with van der Waals surface area (Å²) in [5.41, 5.74) is 1.02. The highest BCUT2D eigenvalue weighted by Gasteiger charge is 2.27. The van der Waals surface area contributed by atoms with Gasteiger partial charge < -0.3 is 10.1 Å². The Labute approximate surface area is 100 Å². The molecule has 2 unspecified atom stereocenters. The van der Waals surface area contributed by atoms with Crippen molar-refractivity contribution in [1.82, 2.24) is 0 Å². The molecule has 4 heteroatoms. The van der Waals surface area contributed by atoms with E-state index in [0.717, 1.165) is 19.3 Å². The Hall–Kier alpha value is -1.60. The van der Waals surface area contributed by atoms with Crippen LogP contribution < -0.4 is 5.32 Å². The fourth-order valence-corrected chi connectivity index (χ4v) is 2.31. The molecule has 2 atom stereocenters. The smallest absolute Gasteiger partial charge is 0.124 e. The molecule has 0 heterocycles. The summed E-state index contributed by atoms with van der Waals surface area (Å²) in [4.78, 5) is 0. The van der Waals surface area contributed by atoms with Crippen LogP contribution in [0.3, 0.4) is 0 Å². The number of hydrogen-bond donors (Lipinski definition) is 1. The highest BCUT2D eigenvalue weighted by molar-refractivity contribution is 5.58. The quantitative estimate of drug-likeness (QED) is 0.874. The molecule has 1 saturated carbocycles. The molecule has 1 fully saturated rings. The average molecular weight is 234 g/mol. The third-order valence-electron chi connectivity index (χ3n) is 3.20. The van der Waals surface area contributed by atoms with Crippen molar-refractivity contribution in [1.29, 1.82) is 5.26 Å². The molecule has 0 radical (unpaired) electrons. The molecule has 2 rings (SSSR count). The summed E-state index contributed by atoms with van der Waals surface area (Å²) in [6.45, 7) is 0. The van der Waals surface area contributed by atoms with Gasteiger partial charge in [0.2, 0.25) is 0 Å². The number of halogens is 1. The highest BCUT2D eigenvalue weighted by atomic mass is 19.1. The van der Waals surface area contributed by atoms with Crippen molar-refractivity contribution >= 4 is 5.69 Å². The van der Waals surface area contributed by atoms with Gasteiger partial charge in [0.1, 0.15) is 11.9 Å². The molecule has 17 heavy (non-hydrogen) atoms. The van der Waals surface area contributed by atoms with Crippen molar-refractivity contribution in [3.63, 3.8) is 0 Å². The van der Waals surface area contributed by atoms with Crippen molar-refractivity contribution in [2.45, 2.75) is 31.4 Å². The van der Waals surface area contributed by atoms with Crippen LogP contribution in [0.2, 0.25) is 0 Å². The summed E-state index contributed by atoms with van der Waals surface area (Å²) in [6, 6.07) is 6.43. The molecule has 0 spiro atoms. The molecule has 90 valence electrons. The number of nitrogens with one attached hydrogen (secondary N) is 1. The summed E-state index contributed by atoms with van der Waals surface area (Å²) < 4.78 is 18.4. The van der Waals surface area contributed by atoms with Crippen LogP contribution in [-0.2, 0) is 4.74 Å². The fourth-order valence-electron chi connectivity index (χ4n) is 2.31. The van der Waals surface area contributed by atoms with Crippen LogP contribution in [0.4, 0.5) is 10.1 Å². The van der Waals surface area contributed by atoms with Crippen LogP contribution in [0.1, 0.15) is 24.8 Å². The van der Waals surface area contributed by atoms with Crippen molar-refractivity contribution < 1.29 is 9.13 Å². The van der Waals surface area contributed by atoms with E-state index in [1.807, 2.05) is 6.07 Å². The van der Waals surface area contributed by atoms with Crippen LogP contribution in [0.15, 0.2) is 18.2 Å². The van der Waals surface area contributed by atoms with E-state index in [4.69, 9.17) is 10.00 Å². The topological polar surface area (TPSA) is 45.0 Å². The van der Waals surface area contributed by atoms with Crippen LogP contribution in [0, 0.1) is 17.1 Å². The van der Waals surface area contributed by atoms with Gasteiger partial charge in [-0.25, -0.2) is 4.39 Å². The van der Waals surface area contributed by atoms with E-state index >= 15 is 0 Å². The number of rotatable bonds is 3. The Balaban J connectivity index is 2.16. The highest BCUT2D eigenvalue weighted by Crippen LogP contribution is 2.26. The summed E-state index contributed by atoms with van der Waals surface area (Å²) in [5, 5.41) is 12.2. The van der Waals surface area contributed by atoms with Gasteiger partial charge >= 0.3 is 0 Å². The van der Waals surface area contributed by atoms with Crippen molar-refractivity contribution in [2.75, 3.05) is 12.4 Å². The molecule has 0 amide bonds. The van der Waals surface area contributed by atoms with Crippen molar-refractivity contribution in [2.24, 2.45) is 0 Å². The van der Waals surface area contributed by atoms with Crippen LogP contribution in [0.5, 0.6) is 0 Å². The van der Waals surface area contributed by atoms with Gasteiger partial charge in [0.15, 0.2) is 0 Å². The third-order valence-corrected chi connectivity index (χ3v) is 3.20. The Morgan fingerprint density at radius 3 is 3.00 bits per heavy atom. The Kier molecular flexibility index (Phi) is 3.60. The monoisotopic (exact) mass is 234 g/mol. The Bertz CT molecular complexity index is 442. The van der Waals surface area contributed by atoms with Gasteiger partial charge in [-0.3, -0.25) is 0 Å². The maximum atomic E-state index is 13.0. The number of nitriles is 1. The second kappa shape index (κ2) is 5.15. The molecule has 1 aromatic rings.